The molecular formula is C13H8Cl2O6. The molecule has 0 aliphatic carbocycles. The van der Waals surface area contributed by atoms with Crippen LogP contribution in [0.4, 0.5) is 0 Å². The van der Waals surface area contributed by atoms with E-state index in [1.54, 1.807) is 0 Å². The molecular weight excluding hydrogens is 323 g/mol. The van der Waals surface area contributed by atoms with Gasteiger partial charge in [0.05, 0.1) is 15.6 Å². The lowest BCUT2D eigenvalue weighted by Crippen LogP contribution is -2.43. The van der Waals surface area contributed by atoms with Crippen LogP contribution < -0.4 is 0 Å². The number of hydrogen-bond donors (Lipinski definition) is 3. The molecule has 1 heterocycles. The Hall–Kier alpha value is -2.02. The van der Waals surface area contributed by atoms with Gasteiger partial charge in [-0.15, -0.1) is 0 Å². The Labute approximate surface area is 128 Å². The molecule has 0 saturated carbocycles. The van der Waals surface area contributed by atoms with E-state index in [9.17, 15) is 14.7 Å². The third kappa shape index (κ3) is 2.61. The predicted octanol–water partition coefficient (Wildman–Crippen LogP) is 2.15. The molecule has 0 fully saturated rings. The van der Waals surface area contributed by atoms with Crippen LogP contribution in [-0.4, -0.2) is 33.0 Å². The van der Waals surface area contributed by atoms with Crippen LogP contribution in [0.1, 0.15) is 5.56 Å². The minimum Gasteiger partial charge on any atom is -0.478 e. The predicted molar refractivity (Wildman–Crippen MR) is 73.8 cm³/mol. The molecule has 0 saturated heterocycles. The maximum atomic E-state index is 11.3. The Balaban J connectivity index is 2.68. The number of halogens is 2. The van der Waals surface area contributed by atoms with Crippen LogP contribution in [0.3, 0.4) is 0 Å². The van der Waals surface area contributed by atoms with Gasteiger partial charge in [-0.05, 0) is 12.1 Å². The van der Waals surface area contributed by atoms with E-state index in [0.717, 1.165) is 6.08 Å². The van der Waals surface area contributed by atoms with Crippen molar-refractivity contribution in [2.75, 3.05) is 0 Å². The van der Waals surface area contributed by atoms with E-state index in [1.165, 1.54) is 18.2 Å². The summed E-state index contributed by atoms with van der Waals surface area (Å²) in [7, 11) is 0. The zero-order valence-corrected chi connectivity index (χ0v) is 11.7. The van der Waals surface area contributed by atoms with Crippen molar-refractivity contribution in [3.8, 4) is 0 Å². The lowest BCUT2D eigenvalue weighted by Gasteiger charge is -2.29. The van der Waals surface area contributed by atoms with Crippen molar-refractivity contribution in [2.45, 2.75) is 5.79 Å². The lowest BCUT2D eigenvalue weighted by atomic mass is 9.93. The monoisotopic (exact) mass is 330 g/mol. The molecule has 0 aromatic heterocycles. The number of benzene rings is 1. The number of ether oxygens (including phenoxy) is 1. The first-order valence-electron chi connectivity index (χ1n) is 5.51. The van der Waals surface area contributed by atoms with Crippen LogP contribution in [0.15, 0.2) is 36.1 Å². The first-order valence-corrected chi connectivity index (χ1v) is 6.26. The van der Waals surface area contributed by atoms with E-state index in [2.05, 4.69) is 0 Å². The normalized spacial score (nSPS) is 21.1. The second-order valence-electron chi connectivity index (χ2n) is 4.10. The summed E-state index contributed by atoms with van der Waals surface area (Å²) >= 11 is 11.8. The quantitative estimate of drug-likeness (QED) is 0.784. The highest BCUT2D eigenvalue weighted by atomic mass is 35.5. The molecule has 8 heteroatoms. The first-order chi connectivity index (χ1) is 9.77. The van der Waals surface area contributed by atoms with Gasteiger partial charge in [0, 0.05) is 11.1 Å². The Bertz CT molecular complexity index is 694. The van der Waals surface area contributed by atoms with E-state index in [4.69, 9.17) is 38.2 Å². The number of hydrogen-bond acceptors (Lipinski definition) is 4. The van der Waals surface area contributed by atoms with Gasteiger partial charge in [0.15, 0.2) is 0 Å². The van der Waals surface area contributed by atoms with Crippen LogP contribution in [-0.2, 0) is 14.3 Å². The second kappa shape index (κ2) is 5.40. The molecule has 1 unspecified atom stereocenters. The SMILES string of the molecule is O=C(O)C1=COC(O)(C(=O)O)C(c2cccc(Cl)c2Cl)=C1. The Morgan fingerprint density at radius 3 is 2.43 bits per heavy atom. The van der Waals surface area contributed by atoms with Gasteiger partial charge in [-0.3, -0.25) is 0 Å². The van der Waals surface area contributed by atoms with Gasteiger partial charge in [0.25, 0.3) is 0 Å². The van der Waals surface area contributed by atoms with E-state index >= 15 is 0 Å². The van der Waals surface area contributed by atoms with Crippen LogP contribution in [0.2, 0.25) is 10.0 Å². The summed E-state index contributed by atoms with van der Waals surface area (Å²) in [5.74, 6) is -5.82. The van der Waals surface area contributed by atoms with Crippen molar-refractivity contribution in [3.05, 3.63) is 51.7 Å². The average Bonchev–Trinajstić information content (AvgIpc) is 2.42. The molecule has 0 amide bonds. The van der Waals surface area contributed by atoms with Crippen molar-refractivity contribution in [2.24, 2.45) is 0 Å². The summed E-state index contributed by atoms with van der Waals surface area (Å²) in [6, 6.07) is 4.33. The van der Waals surface area contributed by atoms with Gasteiger partial charge >= 0.3 is 17.7 Å². The highest BCUT2D eigenvalue weighted by Crippen LogP contribution is 2.39. The molecule has 1 atom stereocenters. The summed E-state index contributed by atoms with van der Waals surface area (Å²) < 4.78 is 4.71. The smallest absolute Gasteiger partial charge is 0.382 e. The van der Waals surface area contributed by atoms with Crippen LogP contribution in [0.5, 0.6) is 0 Å². The Kier molecular flexibility index (Phi) is 3.95. The van der Waals surface area contributed by atoms with Gasteiger partial charge in [0.1, 0.15) is 6.26 Å². The molecule has 110 valence electrons. The van der Waals surface area contributed by atoms with Gasteiger partial charge in [0.2, 0.25) is 0 Å². The molecule has 1 aromatic carbocycles. The van der Waals surface area contributed by atoms with Crippen LogP contribution in [0, 0.1) is 0 Å². The summed E-state index contributed by atoms with van der Waals surface area (Å²) in [4.78, 5) is 22.2. The zero-order valence-electron chi connectivity index (χ0n) is 10.2. The Morgan fingerprint density at radius 1 is 1.19 bits per heavy atom. The fourth-order valence-corrected chi connectivity index (χ4v) is 2.15. The molecule has 6 nitrogen and oxygen atoms in total. The third-order valence-electron chi connectivity index (χ3n) is 2.80. The number of aliphatic carboxylic acids is 2. The van der Waals surface area contributed by atoms with Crippen molar-refractivity contribution in [3.63, 3.8) is 0 Å². The molecule has 0 radical (unpaired) electrons. The fourth-order valence-electron chi connectivity index (χ4n) is 1.75. The van der Waals surface area contributed by atoms with Crippen molar-refractivity contribution >= 4 is 40.7 Å². The summed E-state index contributed by atoms with van der Waals surface area (Å²) in [5.41, 5.74) is -0.615. The van der Waals surface area contributed by atoms with E-state index < -0.39 is 17.7 Å². The number of carbonyl (C=O) groups is 2. The van der Waals surface area contributed by atoms with E-state index in [0.29, 0.717) is 6.26 Å². The van der Waals surface area contributed by atoms with Gasteiger partial charge in [-0.1, -0.05) is 35.3 Å². The van der Waals surface area contributed by atoms with Gasteiger partial charge in [-0.25, -0.2) is 9.59 Å². The Morgan fingerprint density at radius 2 is 1.86 bits per heavy atom. The number of rotatable bonds is 3. The molecule has 21 heavy (non-hydrogen) atoms. The number of aliphatic hydroxyl groups is 1. The summed E-state index contributed by atoms with van der Waals surface area (Å²) in [5, 5.41) is 28.3. The molecule has 1 aromatic rings. The van der Waals surface area contributed by atoms with Crippen molar-refractivity contribution in [1.29, 1.82) is 0 Å². The molecule has 3 N–H and O–H groups in total. The third-order valence-corrected chi connectivity index (χ3v) is 3.62. The molecule has 0 bridgehead atoms. The first kappa shape index (κ1) is 15.4. The van der Waals surface area contributed by atoms with E-state index in [1.807, 2.05) is 0 Å². The van der Waals surface area contributed by atoms with E-state index in [-0.39, 0.29) is 26.8 Å². The molecule has 1 aliphatic rings. The highest BCUT2D eigenvalue weighted by Gasteiger charge is 2.46. The number of carboxylic acids is 2. The maximum Gasteiger partial charge on any atom is 0.382 e. The molecule has 2 rings (SSSR count). The average molecular weight is 331 g/mol. The van der Waals surface area contributed by atoms with Crippen molar-refractivity contribution in [1.82, 2.24) is 0 Å². The highest BCUT2D eigenvalue weighted by molar-refractivity contribution is 6.43. The maximum absolute atomic E-state index is 11.3. The molecule has 1 aliphatic heterocycles. The largest absolute Gasteiger partial charge is 0.478 e. The fraction of sp³-hybridized carbons (Fsp3) is 0.0769. The summed E-state index contributed by atoms with van der Waals surface area (Å²) in [6.45, 7) is 0. The standard InChI is InChI=1S/C13H8Cl2O6/c14-9-3-1-2-7(10(9)15)8-4-6(11(16)17)5-21-13(8,20)12(18)19/h1-5,20H,(H,16,17)(H,18,19). The minimum absolute atomic E-state index is 0.0275. The van der Waals surface area contributed by atoms with Crippen molar-refractivity contribution < 1.29 is 29.6 Å². The zero-order chi connectivity index (χ0) is 15.8. The molecule has 0 spiro atoms. The van der Waals surface area contributed by atoms with Gasteiger partial charge in [-0.2, -0.15) is 0 Å². The second-order valence-corrected chi connectivity index (χ2v) is 4.89. The van der Waals surface area contributed by atoms with Crippen LogP contribution >= 0.6 is 23.2 Å². The summed E-state index contributed by atoms with van der Waals surface area (Å²) in [6.07, 6.45) is 1.62. The lowest BCUT2D eigenvalue weighted by molar-refractivity contribution is -0.186. The van der Waals surface area contributed by atoms with Gasteiger partial charge < -0.3 is 20.1 Å². The topological polar surface area (TPSA) is 104 Å². The van der Waals surface area contributed by atoms with Crippen LogP contribution in [0.25, 0.3) is 5.57 Å². The number of carboxylic acid groups (broad SMARTS) is 2. The minimum atomic E-state index is -2.76.